The van der Waals surface area contributed by atoms with Gasteiger partial charge in [-0.25, -0.2) is 21.8 Å². The summed E-state index contributed by atoms with van der Waals surface area (Å²) in [5.41, 5.74) is 4.87. The molecule has 0 saturated carbocycles. The first-order chi connectivity index (χ1) is 15.7. The summed E-state index contributed by atoms with van der Waals surface area (Å²) >= 11 is 0. The fourth-order valence-electron chi connectivity index (χ4n) is 3.70. The summed E-state index contributed by atoms with van der Waals surface area (Å²) in [7, 11) is -7.13. The molecule has 5 rings (SSSR count). The zero-order valence-corrected chi connectivity index (χ0v) is 19.3. The maximum absolute atomic E-state index is 12.9. The number of nitrogens with one attached hydrogen (secondary N) is 1. The molecule has 1 saturated heterocycles. The van der Waals surface area contributed by atoms with Crippen molar-refractivity contribution in [1.82, 2.24) is 9.97 Å². The average molecular weight is 481 g/mol. The number of benzene rings is 2. The predicted molar refractivity (Wildman–Crippen MR) is 128 cm³/mol. The molecule has 0 unspecified atom stereocenters. The van der Waals surface area contributed by atoms with Gasteiger partial charge in [0.15, 0.2) is 0 Å². The first kappa shape index (κ1) is 21.4. The van der Waals surface area contributed by atoms with Gasteiger partial charge in [0, 0.05) is 24.0 Å². The molecule has 1 N–H and O–H groups in total. The molecule has 0 amide bonds. The van der Waals surface area contributed by atoms with E-state index in [4.69, 9.17) is 0 Å². The van der Waals surface area contributed by atoms with Crippen molar-refractivity contribution in [1.29, 1.82) is 0 Å². The highest BCUT2D eigenvalue weighted by Gasteiger charge is 2.32. The Hall–Kier alpha value is -3.50. The lowest BCUT2D eigenvalue weighted by atomic mass is 10.0. The Morgan fingerprint density at radius 2 is 1.76 bits per heavy atom. The molecule has 1 aliphatic heterocycles. The van der Waals surface area contributed by atoms with Crippen molar-refractivity contribution >= 4 is 42.5 Å². The maximum atomic E-state index is 12.9. The van der Waals surface area contributed by atoms with Crippen molar-refractivity contribution in [3.05, 3.63) is 78.5 Å². The zero-order valence-electron chi connectivity index (χ0n) is 17.6. The molecule has 0 bridgehead atoms. The van der Waals surface area contributed by atoms with Gasteiger partial charge in [-0.05, 0) is 73.2 Å². The summed E-state index contributed by atoms with van der Waals surface area (Å²) in [6, 6.07) is 18.5. The number of pyridine rings is 2. The molecule has 33 heavy (non-hydrogen) atoms. The molecule has 3 heterocycles. The third-order valence-electron chi connectivity index (χ3n) is 5.55. The number of aromatic nitrogens is 2. The second-order valence-corrected chi connectivity index (χ2v) is 11.5. The number of sulfonamides is 2. The first-order valence-electron chi connectivity index (χ1n) is 10.2. The van der Waals surface area contributed by atoms with Gasteiger partial charge in [-0.3, -0.25) is 14.0 Å². The molecule has 2 aromatic heterocycles. The third kappa shape index (κ3) is 4.03. The summed E-state index contributed by atoms with van der Waals surface area (Å²) in [4.78, 5) is 8.98. The van der Waals surface area contributed by atoms with Gasteiger partial charge in [0.05, 0.1) is 33.1 Å². The molecule has 8 nitrogen and oxygen atoms in total. The minimum Gasteiger partial charge on any atom is -0.280 e. The number of fused-ring (bicyclic) bond motifs is 1. The van der Waals surface area contributed by atoms with Crippen LogP contribution < -0.4 is 9.03 Å². The Morgan fingerprint density at radius 1 is 0.970 bits per heavy atom. The number of hydrogen-bond donors (Lipinski definition) is 1. The normalized spacial score (nSPS) is 15.2. The Bertz CT molecular complexity index is 1580. The second kappa shape index (κ2) is 7.82. The van der Waals surface area contributed by atoms with Crippen LogP contribution in [-0.4, -0.2) is 39.1 Å². The number of rotatable bonds is 5. The number of nitrogens with zero attached hydrogens (tertiary/aromatic N) is 3. The van der Waals surface area contributed by atoms with Gasteiger partial charge in [0.2, 0.25) is 10.0 Å². The van der Waals surface area contributed by atoms with Crippen molar-refractivity contribution < 1.29 is 16.8 Å². The highest BCUT2D eigenvalue weighted by Crippen LogP contribution is 2.29. The summed E-state index contributed by atoms with van der Waals surface area (Å²) in [5.74, 6) is 0.104. The largest absolute Gasteiger partial charge is 0.280 e. The second-order valence-electron chi connectivity index (χ2n) is 7.76. The van der Waals surface area contributed by atoms with Crippen LogP contribution in [0.1, 0.15) is 5.56 Å². The van der Waals surface area contributed by atoms with Gasteiger partial charge in [-0.2, -0.15) is 0 Å². The predicted octanol–water partition coefficient (Wildman–Crippen LogP) is 3.56. The monoisotopic (exact) mass is 480 g/mol. The van der Waals surface area contributed by atoms with E-state index in [2.05, 4.69) is 14.7 Å². The highest BCUT2D eigenvalue weighted by molar-refractivity contribution is 7.94. The third-order valence-corrected chi connectivity index (χ3v) is 8.71. The number of aryl methyl sites for hydroxylation is 1. The molecule has 0 spiro atoms. The van der Waals surface area contributed by atoms with E-state index in [1.54, 1.807) is 18.3 Å². The van der Waals surface area contributed by atoms with Crippen LogP contribution in [0.25, 0.3) is 22.3 Å². The molecule has 4 aromatic rings. The quantitative estimate of drug-likeness (QED) is 0.468. The van der Waals surface area contributed by atoms with E-state index < -0.39 is 20.0 Å². The Labute approximate surface area is 192 Å². The summed E-state index contributed by atoms with van der Waals surface area (Å²) in [6.45, 7) is 2.34. The molecule has 10 heteroatoms. The molecule has 168 valence electrons. The molecule has 0 radical (unpaired) electrons. The van der Waals surface area contributed by atoms with Crippen LogP contribution in [-0.2, 0) is 20.0 Å². The van der Waals surface area contributed by atoms with Crippen molar-refractivity contribution in [2.24, 2.45) is 0 Å². The van der Waals surface area contributed by atoms with E-state index in [-0.39, 0.29) is 10.6 Å². The van der Waals surface area contributed by atoms with Crippen molar-refractivity contribution in [3.63, 3.8) is 0 Å². The topological polar surface area (TPSA) is 109 Å². The first-order valence-corrected chi connectivity index (χ1v) is 13.3. The van der Waals surface area contributed by atoms with E-state index >= 15 is 0 Å². The van der Waals surface area contributed by atoms with Crippen molar-refractivity contribution in [2.45, 2.75) is 11.8 Å². The minimum absolute atomic E-state index is 0.0428. The van der Waals surface area contributed by atoms with Crippen LogP contribution in [0.2, 0.25) is 0 Å². The van der Waals surface area contributed by atoms with Crippen LogP contribution in [0.15, 0.2) is 77.8 Å². The number of hydrogen-bond acceptors (Lipinski definition) is 6. The van der Waals surface area contributed by atoms with Gasteiger partial charge < -0.3 is 0 Å². The highest BCUT2D eigenvalue weighted by atomic mass is 32.2. The number of anilines is 2. The molecular weight excluding hydrogens is 460 g/mol. The van der Waals surface area contributed by atoms with Gasteiger partial charge in [-0.1, -0.05) is 6.07 Å². The van der Waals surface area contributed by atoms with Crippen LogP contribution in [0.3, 0.4) is 0 Å². The fourth-order valence-corrected chi connectivity index (χ4v) is 5.85. The van der Waals surface area contributed by atoms with E-state index in [1.807, 2.05) is 37.3 Å². The molecule has 0 aliphatic carbocycles. The van der Waals surface area contributed by atoms with Crippen molar-refractivity contribution in [2.75, 3.05) is 21.3 Å². The van der Waals surface area contributed by atoms with Crippen molar-refractivity contribution in [3.8, 4) is 11.3 Å². The Kier molecular flexibility index (Phi) is 5.06. The van der Waals surface area contributed by atoms with Crippen LogP contribution in [0.5, 0.6) is 0 Å². The lowest BCUT2D eigenvalue weighted by Gasteiger charge is -2.32. The minimum atomic E-state index is -3.87. The van der Waals surface area contributed by atoms with Gasteiger partial charge >= 0.3 is 0 Å². The summed E-state index contributed by atoms with van der Waals surface area (Å²) in [5, 5.41) is 0. The molecular formula is C23H20N4O4S2. The lowest BCUT2D eigenvalue weighted by Crippen LogP contribution is -2.47. The lowest BCUT2D eigenvalue weighted by molar-refractivity contribution is 0.578. The van der Waals surface area contributed by atoms with E-state index in [9.17, 15) is 16.8 Å². The van der Waals surface area contributed by atoms with Gasteiger partial charge in [-0.15, -0.1) is 0 Å². The van der Waals surface area contributed by atoms with E-state index in [0.29, 0.717) is 23.6 Å². The SMILES string of the molecule is Cc1ccc(NS(=O)(=O)c2ccc(N3CCS3(=O)=O)cc2)cc1-c1ccc2ncccc2n1. The fraction of sp³-hybridized carbons (Fsp3) is 0.130. The smallest absolute Gasteiger partial charge is 0.261 e. The average Bonchev–Trinajstić information content (AvgIpc) is 2.79. The molecule has 1 fully saturated rings. The molecule has 2 aromatic carbocycles. The van der Waals surface area contributed by atoms with Gasteiger partial charge in [0.1, 0.15) is 0 Å². The molecule has 1 aliphatic rings. The van der Waals surface area contributed by atoms with E-state index in [0.717, 1.165) is 22.2 Å². The van der Waals surface area contributed by atoms with Crippen LogP contribution >= 0.6 is 0 Å². The van der Waals surface area contributed by atoms with Crippen LogP contribution in [0.4, 0.5) is 11.4 Å². The zero-order chi connectivity index (χ0) is 23.2. The summed E-state index contributed by atoms with van der Waals surface area (Å²) in [6.07, 6.45) is 1.71. The molecule has 0 atom stereocenters. The maximum Gasteiger partial charge on any atom is 0.261 e. The summed E-state index contributed by atoms with van der Waals surface area (Å²) < 4.78 is 53.3. The Morgan fingerprint density at radius 3 is 2.45 bits per heavy atom. The van der Waals surface area contributed by atoms with E-state index in [1.165, 1.54) is 28.6 Å². The Balaban J connectivity index is 1.43. The van der Waals surface area contributed by atoms with Crippen LogP contribution in [0, 0.1) is 6.92 Å². The van der Waals surface area contributed by atoms with Gasteiger partial charge in [0.25, 0.3) is 10.0 Å². The standard InChI is InChI=1S/C23H20N4O4S2/c1-16-4-5-17(15-20(16)21-10-11-22-23(25-21)3-2-12-24-22)26-33(30,31)19-8-6-18(7-9-19)27-13-14-32(27,28)29/h2-12,15,26H,13-14H2,1H3.